The van der Waals surface area contributed by atoms with Gasteiger partial charge in [0.1, 0.15) is 0 Å². The Morgan fingerprint density at radius 3 is 2.81 bits per heavy atom. The van der Waals surface area contributed by atoms with E-state index in [1.165, 1.54) is 6.92 Å². The Labute approximate surface area is 131 Å². The monoisotopic (exact) mass is 311 g/mol. The number of hydrogen-bond acceptors (Lipinski definition) is 4. The lowest BCUT2D eigenvalue weighted by atomic mass is 10.1. The van der Waals surface area contributed by atoms with Gasteiger partial charge in [-0.15, -0.1) is 12.4 Å². The molecule has 1 unspecified atom stereocenters. The van der Waals surface area contributed by atoms with Crippen molar-refractivity contribution in [3.8, 4) is 0 Å². The summed E-state index contributed by atoms with van der Waals surface area (Å²) in [5.41, 5.74) is 1.27. The number of hydrogen-bond donors (Lipinski definition) is 2. The van der Waals surface area contributed by atoms with E-state index < -0.39 is 0 Å². The Kier molecular flexibility index (Phi) is 6.81. The Balaban J connectivity index is 0.00000220. The first-order valence-electron chi connectivity index (χ1n) is 6.88. The summed E-state index contributed by atoms with van der Waals surface area (Å²) in [4.78, 5) is 25.4. The van der Waals surface area contributed by atoms with Crippen molar-refractivity contribution >= 4 is 29.8 Å². The molecule has 0 radical (unpaired) electrons. The van der Waals surface area contributed by atoms with E-state index in [1.807, 2.05) is 7.05 Å². The second kappa shape index (κ2) is 8.12. The van der Waals surface area contributed by atoms with Crippen LogP contribution in [0.4, 0.5) is 5.69 Å². The van der Waals surface area contributed by atoms with Gasteiger partial charge in [-0.25, -0.2) is 0 Å². The Morgan fingerprint density at radius 1 is 1.43 bits per heavy atom. The molecule has 1 heterocycles. The van der Waals surface area contributed by atoms with Gasteiger partial charge < -0.3 is 10.6 Å². The summed E-state index contributed by atoms with van der Waals surface area (Å²) >= 11 is 0. The smallest absolute Gasteiger partial charge is 0.238 e. The number of ketones is 1. The van der Waals surface area contributed by atoms with Crippen LogP contribution in [0, 0.1) is 0 Å². The van der Waals surface area contributed by atoms with Gasteiger partial charge in [0.2, 0.25) is 5.91 Å². The van der Waals surface area contributed by atoms with Gasteiger partial charge in [-0.2, -0.15) is 0 Å². The number of Topliss-reactive ketones (excluding diaryl/α,β-unsaturated/α-hetero) is 1. The maximum atomic E-state index is 12.0. The fourth-order valence-electron chi connectivity index (χ4n) is 2.39. The predicted octanol–water partition coefficient (Wildman–Crippen LogP) is 1.54. The van der Waals surface area contributed by atoms with Crippen molar-refractivity contribution in [2.24, 2.45) is 0 Å². The van der Waals surface area contributed by atoms with Crippen LogP contribution in [0.1, 0.15) is 23.7 Å². The van der Waals surface area contributed by atoms with Crippen LogP contribution in [0.3, 0.4) is 0 Å². The maximum absolute atomic E-state index is 12.0. The number of amides is 1. The number of anilines is 1. The molecule has 0 aromatic heterocycles. The summed E-state index contributed by atoms with van der Waals surface area (Å²) in [5.74, 6) is -0.0599. The molecule has 2 N–H and O–H groups in total. The molecule has 1 aliphatic rings. The van der Waals surface area contributed by atoms with Gasteiger partial charge in [0.15, 0.2) is 5.78 Å². The molecule has 21 heavy (non-hydrogen) atoms. The summed E-state index contributed by atoms with van der Waals surface area (Å²) < 4.78 is 0. The van der Waals surface area contributed by atoms with E-state index in [1.54, 1.807) is 24.3 Å². The number of likely N-dealkylation sites (N-methyl/N-ethyl adjacent to an activating group) is 1. The van der Waals surface area contributed by atoms with Crippen LogP contribution in [0.15, 0.2) is 24.3 Å². The quantitative estimate of drug-likeness (QED) is 0.810. The number of halogens is 1. The third-order valence-corrected chi connectivity index (χ3v) is 3.60. The van der Waals surface area contributed by atoms with E-state index in [2.05, 4.69) is 15.5 Å². The van der Waals surface area contributed by atoms with Crippen LogP contribution in [-0.4, -0.2) is 49.3 Å². The fraction of sp³-hybridized carbons (Fsp3) is 0.467. The zero-order chi connectivity index (χ0) is 14.5. The Morgan fingerprint density at radius 2 is 2.19 bits per heavy atom. The van der Waals surface area contributed by atoms with Crippen LogP contribution in [0.25, 0.3) is 0 Å². The number of nitrogens with one attached hydrogen (secondary N) is 2. The Hall–Kier alpha value is -1.43. The van der Waals surface area contributed by atoms with Crippen LogP contribution in [-0.2, 0) is 4.79 Å². The van der Waals surface area contributed by atoms with Gasteiger partial charge in [-0.3, -0.25) is 14.5 Å². The van der Waals surface area contributed by atoms with Gasteiger partial charge in [0.05, 0.1) is 6.54 Å². The van der Waals surface area contributed by atoms with E-state index in [4.69, 9.17) is 0 Å². The lowest BCUT2D eigenvalue weighted by molar-refractivity contribution is -0.117. The minimum absolute atomic E-state index is 0. The number of nitrogens with zero attached hydrogens (tertiary/aromatic N) is 1. The molecule has 1 aromatic carbocycles. The third-order valence-electron chi connectivity index (χ3n) is 3.60. The highest BCUT2D eigenvalue weighted by atomic mass is 35.5. The van der Waals surface area contributed by atoms with E-state index in [0.29, 0.717) is 23.8 Å². The van der Waals surface area contributed by atoms with Gasteiger partial charge >= 0.3 is 0 Å². The first-order valence-corrected chi connectivity index (χ1v) is 6.88. The molecule has 1 atom stereocenters. The third kappa shape index (κ3) is 5.12. The predicted molar refractivity (Wildman–Crippen MR) is 86.2 cm³/mol. The molecule has 1 aromatic rings. The Bertz CT molecular complexity index is 501. The van der Waals surface area contributed by atoms with Gasteiger partial charge in [0.25, 0.3) is 0 Å². The fourth-order valence-corrected chi connectivity index (χ4v) is 2.39. The van der Waals surface area contributed by atoms with E-state index >= 15 is 0 Å². The highest BCUT2D eigenvalue weighted by molar-refractivity contribution is 5.97. The molecule has 1 aliphatic heterocycles. The second-order valence-electron chi connectivity index (χ2n) is 5.25. The molecule has 116 valence electrons. The molecule has 1 amide bonds. The molecule has 0 bridgehead atoms. The standard InChI is InChI=1S/C15H21N3O2.ClH/c1-11(19)12-4-3-5-13(8-12)17-15(20)10-18(2)14-6-7-16-9-14;/h3-5,8,14,16H,6-7,9-10H2,1-2H3,(H,17,20);1H. The second-order valence-corrected chi connectivity index (χ2v) is 5.25. The molecular formula is C15H22ClN3O2. The van der Waals surface area contributed by atoms with Crippen LogP contribution in [0.5, 0.6) is 0 Å². The topological polar surface area (TPSA) is 61.4 Å². The molecule has 1 saturated heterocycles. The van der Waals surface area contributed by atoms with Crippen molar-refractivity contribution in [3.05, 3.63) is 29.8 Å². The molecule has 0 saturated carbocycles. The average molecular weight is 312 g/mol. The van der Waals surface area contributed by atoms with E-state index in [9.17, 15) is 9.59 Å². The molecule has 0 spiro atoms. The summed E-state index contributed by atoms with van der Waals surface area (Å²) in [5, 5.41) is 6.12. The van der Waals surface area contributed by atoms with Gasteiger partial charge in [-0.05, 0) is 39.1 Å². The van der Waals surface area contributed by atoms with Crippen molar-refractivity contribution < 1.29 is 9.59 Å². The summed E-state index contributed by atoms with van der Waals surface area (Å²) in [6.45, 7) is 3.82. The lowest BCUT2D eigenvalue weighted by Gasteiger charge is -2.22. The van der Waals surface area contributed by atoms with Crippen molar-refractivity contribution in [2.75, 3.05) is 32.0 Å². The summed E-state index contributed by atoms with van der Waals surface area (Å²) in [7, 11) is 1.96. The van der Waals surface area contributed by atoms with E-state index in [-0.39, 0.29) is 24.1 Å². The summed E-state index contributed by atoms with van der Waals surface area (Å²) in [6, 6.07) is 7.44. The first-order chi connectivity index (χ1) is 9.56. The molecule has 0 aliphatic carbocycles. The van der Waals surface area contributed by atoms with Crippen molar-refractivity contribution in [3.63, 3.8) is 0 Å². The first kappa shape index (κ1) is 17.6. The highest BCUT2D eigenvalue weighted by Crippen LogP contribution is 2.12. The van der Waals surface area contributed by atoms with Crippen LogP contribution < -0.4 is 10.6 Å². The lowest BCUT2D eigenvalue weighted by Crippen LogP contribution is -2.39. The average Bonchev–Trinajstić information content (AvgIpc) is 2.92. The molecule has 6 heteroatoms. The molecule has 1 fully saturated rings. The maximum Gasteiger partial charge on any atom is 0.238 e. The molecular weight excluding hydrogens is 290 g/mol. The highest BCUT2D eigenvalue weighted by Gasteiger charge is 2.20. The van der Waals surface area contributed by atoms with Gasteiger partial charge in [0, 0.05) is 23.8 Å². The minimum atomic E-state index is -0.0555. The molecule has 5 nitrogen and oxygen atoms in total. The number of carbonyl (C=O) groups excluding carboxylic acids is 2. The van der Waals surface area contributed by atoms with Gasteiger partial charge in [-0.1, -0.05) is 12.1 Å². The SMILES string of the molecule is CC(=O)c1cccc(NC(=O)CN(C)C2CCNC2)c1.Cl. The number of rotatable bonds is 5. The zero-order valence-corrected chi connectivity index (χ0v) is 13.2. The number of carbonyl (C=O) groups is 2. The number of benzene rings is 1. The van der Waals surface area contributed by atoms with Crippen molar-refractivity contribution in [1.29, 1.82) is 0 Å². The van der Waals surface area contributed by atoms with Crippen molar-refractivity contribution in [2.45, 2.75) is 19.4 Å². The van der Waals surface area contributed by atoms with Crippen molar-refractivity contribution in [1.82, 2.24) is 10.2 Å². The van der Waals surface area contributed by atoms with Crippen LogP contribution >= 0.6 is 12.4 Å². The normalized spacial score (nSPS) is 17.4. The zero-order valence-electron chi connectivity index (χ0n) is 12.4. The largest absolute Gasteiger partial charge is 0.325 e. The molecule has 2 rings (SSSR count). The minimum Gasteiger partial charge on any atom is -0.325 e. The van der Waals surface area contributed by atoms with Crippen LogP contribution in [0.2, 0.25) is 0 Å². The van der Waals surface area contributed by atoms with E-state index in [0.717, 1.165) is 19.5 Å². The summed E-state index contributed by atoms with van der Waals surface area (Å²) in [6.07, 6.45) is 1.07.